The number of aromatic hydroxyl groups is 1. The van der Waals surface area contributed by atoms with Crippen LogP contribution in [0.1, 0.15) is 5.56 Å². The molecule has 1 aliphatic heterocycles. The maximum atomic E-state index is 11.3. The Morgan fingerprint density at radius 3 is 2.44 bits per heavy atom. The molecule has 1 heterocycles. The van der Waals surface area contributed by atoms with E-state index in [1.54, 1.807) is 24.3 Å². The molecule has 0 bridgehead atoms. The van der Waals surface area contributed by atoms with E-state index in [2.05, 4.69) is 0 Å². The highest BCUT2D eigenvalue weighted by atomic mass is 16.5. The fourth-order valence-corrected chi connectivity index (χ4v) is 2.12. The van der Waals surface area contributed by atoms with Crippen LogP contribution in [-0.4, -0.2) is 53.4 Å². The van der Waals surface area contributed by atoms with E-state index in [-0.39, 0.29) is 5.75 Å². The molecule has 5 nitrogen and oxygen atoms in total. The Morgan fingerprint density at radius 2 is 1.89 bits per heavy atom. The van der Waals surface area contributed by atoms with E-state index < -0.39 is 12.0 Å². The summed E-state index contributed by atoms with van der Waals surface area (Å²) in [7, 11) is 0. The molecule has 2 N–H and O–H groups in total. The zero-order valence-electron chi connectivity index (χ0n) is 10.1. The first kappa shape index (κ1) is 12.9. The van der Waals surface area contributed by atoms with Gasteiger partial charge in [-0.1, -0.05) is 12.1 Å². The Balaban J connectivity index is 2.05. The fraction of sp³-hybridized carbons (Fsp3) is 0.462. The number of carboxylic acids is 1. The van der Waals surface area contributed by atoms with Crippen molar-refractivity contribution in [2.45, 2.75) is 12.5 Å². The van der Waals surface area contributed by atoms with Crippen LogP contribution >= 0.6 is 0 Å². The van der Waals surface area contributed by atoms with Gasteiger partial charge in [-0.25, -0.2) is 0 Å². The predicted octanol–water partition coefficient (Wildman–Crippen LogP) is 0.720. The van der Waals surface area contributed by atoms with E-state index in [9.17, 15) is 15.0 Å². The fourth-order valence-electron chi connectivity index (χ4n) is 2.12. The molecule has 98 valence electrons. The Morgan fingerprint density at radius 1 is 1.28 bits per heavy atom. The van der Waals surface area contributed by atoms with Crippen molar-refractivity contribution in [3.8, 4) is 5.75 Å². The lowest BCUT2D eigenvalue weighted by atomic mass is 10.0. The first-order valence-electron chi connectivity index (χ1n) is 5.99. The highest BCUT2D eigenvalue weighted by molar-refractivity contribution is 5.74. The lowest BCUT2D eigenvalue weighted by Crippen LogP contribution is -2.48. The maximum absolute atomic E-state index is 11.3. The first-order valence-corrected chi connectivity index (χ1v) is 5.99. The van der Waals surface area contributed by atoms with Crippen molar-refractivity contribution in [1.29, 1.82) is 0 Å². The molecule has 0 radical (unpaired) electrons. The van der Waals surface area contributed by atoms with E-state index >= 15 is 0 Å². The van der Waals surface area contributed by atoms with Crippen LogP contribution in [0.5, 0.6) is 5.75 Å². The number of carboxylic acid groups (broad SMARTS) is 1. The summed E-state index contributed by atoms with van der Waals surface area (Å²) in [5.41, 5.74) is 0.909. The van der Waals surface area contributed by atoms with Gasteiger partial charge in [0.2, 0.25) is 0 Å². The molecule has 1 aromatic carbocycles. The molecule has 0 aromatic heterocycles. The van der Waals surface area contributed by atoms with Gasteiger partial charge in [0.15, 0.2) is 0 Å². The van der Waals surface area contributed by atoms with Gasteiger partial charge in [-0.2, -0.15) is 0 Å². The summed E-state index contributed by atoms with van der Waals surface area (Å²) < 4.78 is 5.23. The van der Waals surface area contributed by atoms with Crippen molar-refractivity contribution >= 4 is 5.97 Å². The molecule has 5 heteroatoms. The van der Waals surface area contributed by atoms with Crippen molar-refractivity contribution in [2.75, 3.05) is 26.3 Å². The lowest BCUT2D eigenvalue weighted by Gasteiger charge is -2.31. The third-order valence-electron chi connectivity index (χ3n) is 3.14. The van der Waals surface area contributed by atoms with Crippen LogP contribution in [0.25, 0.3) is 0 Å². The summed E-state index contributed by atoms with van der Waals surface area (Å²) in [4.78, 5) is 13.3. The van der Waals surface area contributed by atoms with Crippen molar-refractivity contribution < 1.29 is 19.7 Å². The molecule has 18 heavy (non-hydrogen) atoms. The number of nitrogens with zero attached hydrogens (tertiary/aromatic N) is 1. The smallest absolute Gasteiger partial charge is 0.321 e. The molecular formula is C13H17NO4. The predicted molar refractivity (Wildman–Crippen MR) is 65.6 cm³/mol. The van der Waals surface area contributed by atoms with Gasteiger partial charge in [0.1, 0.15) is 11.8 Å². The van der Waals surface area contributed by atoms with Crippen LogP contribution in [0.4, 0.5) is 0 Å². The number of carbonyl (C=O) groups is 1. The monoisotopic (exact) mass is 251 g/mol. The minimum Gasteiger partial charge on any atom is -0.508 e. The molecule has 0 amide bonds. The highest BCUT2D eigenvalue weighted by Crippen LogP contribution is 2.15. The number of hydrogen-bond donors (Lipinski definition) is 2. The molecule has 0 aliphatic carbocycles. The molecule has 1 aliphatic rings. The summed E-state index contributed by atoms with van der Waals surface area (Å²) in [6.45, 7) is 2.46. The number of hydrogen-bond acceptors (Lipinski definition) is 4. The molecule has 2 rings (SSSR count). The quantitative estimate of drug-likeness (QED) is 0.825. The number of rotatable bonds is 4. The van der Waals surface area contributed by atoms with E-state index in [0.717, 1.165) is 5.56 Å². The van der Waals surface area contributed by atoms with Gasteiger partial charge in [-0.3, -0.25) is 9.69 Å². The highest BCUT2D eigenvalue weighted by Gasteiger charge is 2.27. The number of aliphatic carboxylic acids is 1. The standard InChI is InChI=1S/C13H17NO4/c15-11-3-1-10(2-4-11)9-12(13(16)17)14-5-7-18-8-6-14/h1-4,12,15H,5-9H2,(H,16,17). The summed E-state index contributed by atoms with van der Waals surface area (Å²) in [6.07, 6.45) is 0.440. The van der Waals surface area contributed by atoms with E-state index in [1.807, 2.05) is 4.90 Å². The average molecular weight is 251 g/mol. The summed E-state index contributed by atoms with van der Waals surface area (Å²) in [6, 6.07) is 6.14. The molecule has 1 unspecified atom stereocenters. The minimum atomic E-state index is -0.815. The number of phenols is 1. The van der Waals surface area contributed by atoms with Gasteiger partial charge in [-0.15, -0.1) is 0 Å². The second-order valence-corrected chi connectivity index (χ2v) is 4.37. The number of phenolic OH excluding ortho intramolecular Hbond substituents is 1. The van der Waals surface area contributed by atoms with Crippen molar-refractivity contribution in [2.24, 2.45) is 0 Å². The number of benzene rings is 1. The normalized spacial score (nSPS) is 18.4. The zero-order chi connectivity index (χ0) is 13.0. The van der Waals surface area contributed by atoms with Crippen LogP contribution in [0.2, 0.25) is 0 Å². The van der Waals surface area contributed by atoms with Gasteiger partial charge in [0.05, 0.1) is 13.2 Å². The number of morpholine rings is 1. The van der Waals surface area contributed by atoms with Crippen LogP contribution in [0.3, 0.4) is 0 Å². The van der Waals surface area contributed by atoms with E-state index in [1.165, 1.54) is 0 Å². The van der Waals surface area contributed by atoms with Crippen LogP contribution in [0, 0.1) is 0 Å². The number of ether oxygens (including phenoxy) is 1. The lowest BCUT2D eigenvalue weighted by molar-refractivity contribution is -0.145. The summed E-state index contributed by atoms with van der Waals surface area (Å²) >= 11 is 0. The Labute approximate surface area is 106 Å². The zero-order valence-corrected chi connectivity index (χ0v) is 10.1. The first-order chi connectivity index (χ1) is 8.66. The summed E-state index contributed by atoms with van der Waals surface area (Å²) in [5.74, 6) is -0.623. The average Bonchev–Trinajstić information content (AvgIpc) is 2.38. The Kier molecular flexibility index (Phi) is 4.17. The van der Waals surface area contributed by atoms with Gasteiger partial charge < -0.3 is 14.9 Å². The molecule has 1 atom stereocenters. The largest absolute Gasteiger partial charge is 0.508 e. The Hall–Kier alpha value is -1.59. The maximum Gasteiger partial charge on any atom is 0.321 e. The molecule has 0 spiro atoms. The summed E-state index contributed by atoms with van der Waals surface area (Å²) in [5, 5.41) is 18.5. The van der Waals surface area contributed by atoms with Crippen LogP contribution in [0.15, 0.2) is 24.3 Å². The van der Waals surface area contributed by atoms with Crippen molar-refractivity contribution in [1.82, 2.24) is 4.90 Å². The molecule has 1 saturated heterocycles. The molecule has 1 fully saturated rings. The van der Waals surface area contributed by atoms with Gasteiger partial charge in [-0.05, 0) is 24.1 Å². The van der Waals surface area contributed by atoms with Crippen molar-refractivity contribution in [3.05, 3.63) is 29.8 Å². The topological polar surface area (TPSA) is 70.0 Å². The third kappa shape index (κ3) is 3.21. The Bertz CT molecular complexity index is 398. The second-order valence-electron chi connectivity index (χ2n) is 4.37. The van der Waals surface area contributed by atoms with Gasteiger partial charge in [0, 0.05) is 13.1 Å². The van der Waals surface area contributed by atoms with E-state index in [0.29, 0.717) is 32.7 Å². The second kappa shape index (κ2) is 5.84. The SMILES string of the molecule is O=C(O)C(Cc1ccc(O)cc1)N1CCOCC1. The van der Waals surface area contributed by atoms with E-state index in [4.69, 9.17) is 4.74 Å². The van der Waals surface area contributed by atoms with Gasteiger partial charge >= 0.3 is 5.97 Å². The molecule has 0 saturated carbocycles. The third-order valence-corrected chi connectivity index (χ3v) is 3.14. The van der Waals surface area contributed by atoms with Crippen LogP contribution < -0.4 is 0 Å². The van der Waals surface area contributed by atoms with Crippen LogP contribution in [-0.2, 0) is 16.0 Å². The molecule has 1 aromatic rings. The minimum absolute atomic E-state index is 0.192. The molecular weight excluding hydrogens is 234 g/mol. The van der Waals surface area contributed by atoms with Gasteiger partial charge in [0.25, 0.3) is 0 Å². The van der Waals surface area contributed by atoms with Crippen molar-refractivity contribution in [3.63, 3.8) is 0 Å².